The van der Waals surface area contributed by atoms with Gasteiger partial charge in [0.2, 0.25) is 0 Å². The predicted molar refractivity (Wildman–Crippen MR) is 63.9 cm³/mol. The Morgan fingerprint density at radius 2 is 1.87 bits per heavy atom. The lowest BCUT2D eigenvalue weighted by Gasteiger charge is -2.05. The predicted octanol–water partition coefficient (Wildman–Crippen LogP) is 3.18. The van der Waals surface area contributed by atoms with Crippen molar-refractivity contribution in [2.24, 2.45) is 5.92 Å². The highest BCUT2D eigenvalue weighted by Gasteiger charge is 2.01. The zero-order chi connectivity index (χ0) is 11.3. The van der Waals surface area contributed by atoms with Gasteiger partial charge in [-0.2, -0.15) is 0 Å². The van der Waals surface area contributed by atoms with Gasteiger partial charge in [0, 0.05) is 5.92 Å². The number of allylic oxidation sites excluding steroid dienone is 1. The molecule has 1 nitrogen and oxygen atoms in total. The van der Waals surface area contributed by atoms with Crippen LogP contribution in [0.1, 0.15) is 25.0 Å². The van der Waals surface area contributed by atoms with Crippen LogP contribution in [0.25, 0.3) is 0 Å². The monoisotopic (exact) mass is 202 g/mol. The molecule has 0 aliphatic heterocycles. The van der Waals surface area contributed by atoms with Crippen LogP contribution in [0, 0.1) is 5.92 Å². The lowest BCUT2D eigenvalue weighted by molar-refractivity contribution is -0.110. The Hall–Kier alpha value is -1.37. The molecule has 15 heavy (non-hydrogen) atoms. The molecule has 0 amide bonds. The molecule has 0 saturated carbocycles. The van der Waals surface area contributed by atoms with Crippen molar-refractivity contribution in [1.82, 2.24) is 0 Å². The molecule has 0 saturated heterocycles. The number of hydrogen-bond donors (Lipinski definition) is 0. The second kappa shape index (κ2) is 5.50. The van der Waals surface area contributed by atoms with E-state index in [4.69, 9.17) is 0 Å². The number of benzene rings is 1. The highest BCUT2D eigenvalue weighted by molar-refractivity contribution is 5.53. The number of aldehydes is 1. The minimum absolute atomic E-state index is 0.108. The average Bonchev–Trinajstić information content (AvgIpc) is 2.20. The fourth-order valence-electron chi connectivity index (χ4n) is 1.56. The van der Waals surface area contributed by atoms with E-state index in [9.17, 15) is 4.79 Å². The molecule has 0 bridgehead atoms. The highest BCUT2D eigenvalue weighted by Crippen LogP contribution is 2.11. The first kappa shape index (κ1) is 11.7. The Labute approximate surface area is 91.8 Å². The Kier molecular flexibility index (Phi) is 4.29. The number of hydrogen-bond acceptors (Lipinski definition) is 1. The molecule has 0 radical (unpaired) electrons. The molecule has 1 rings (SSSR count). The van der Waals surface area contributed by atoms with Crippen molar-refractivity contribution in [3.8, 4) is 0 Å². The molecule has 0 fully saturated rings. The van der Waals surface area contributed by atoms with Gasteiger partial charge in [-0.25, -0.2) is 0 Å². The zero-order valence-electron chi connectivity index (χ0n) is 9.49. The van der Waals surface area contributed by atoms with Crippen LogP contribution in [0.15, 0.2) is 36.4 Å². The molecular weight excluding hydrogens is 184 g/mol. The molecular formula is C14H18O. The van der Waals surface area contributed by atoms with Crippen molar-refractivity contribution in [3.05, 3.63) is 47.5 Å². The normalized spacial score (nSPS) is 12.1. The first-order chi connectivity index (χ1) is 7.11. The van der Waals surface area contributed by atoms with Gasteiger partial charge in [0.1, 0.15) is 6.29 Å². The van der Waals surface area contributed by atoms with Gasteiger partial charge in [-0.1, -0.05) is 43.3 Å². The van der Waals surface area contributed by atoms with Crippen molar-refractivity contribution in [2.45, 2.75) is 26.7 Å². The summed E-state index contributed by atoms with van der Waals surface area (Å²) in [7, 11) is 0. The van der Waals surface area contributed by atoms with E-state index in [1.54, 1.807) is 0 Å². The van der Waals surface area contributed by atoms with Gasteiger partial charge in [0.15, 0.2) is 0 Å². The van der Waals surface area contributed by atoms with Crippen LogP contribution in [-0.2, 0) is 17.6 Å². The van der Waals surface area contributed by atoms with E-state index in [2.05, 4.69) is 30.8 Å². The molecule has 0 spiro atoms. The van der Waals surface area contributed by atoms with Crippen molar-refractivity contribution in [3.63, 3.8) is 0 Å². The lowest BCUT2D eigenvalue weighted by Crippen LogP contribution is -2.00. The molecule has 80 valence electrons. The summed E-state index contributed by atoms with van der Waals surface area (Å²) in [5.41, 5.74) is 3.68. The molecule has 1 heteroatoms. The fraction of sp³-hybridized carbons (Fsp3) is 0.357. The molecule has 0 N–H and O–H groups in total. The number of rotatable bonds is 5. The van der Waals surface area contributed by atoms with Crippen molar-refractivity contribution >= 4 is 6.29 Å². The minimum Gasteiger partial charge on any atom is -0.303 e. The van der Waals surface area contributed by atoms with E-state index in [0.29, 0.717) is 0 Å². The molecule has 1 aromatic carbocycles. The van der Waals surface area contributed by atoms with Crippen molar-refractivity contribution in [1.29, 1.82) is 0 Å². The fourth-order valence-corrected chi connectivity index (χ4v) is 1.56. The lowest BCUT2D eigenvalue weighted by atomic mass is 10.00. The standard InChI is InChI=1S/C14H18O/c1-11(2)8-13-4-6-14(7-5-13)9-12(3)10-15/h4-7,10,12H,1,8-9H2,2-3H3. The van der Waals surface area contributed by atoms with Crippen LogP contribution in [-0.4, -0.2) is 6.29 Å². The minimum atomic E-state index is 0.108. The first-order valence-electron chi connectivity index (χ1n) is 5.29. The summed E-state index contributed by atoms with van der Waals surface area (Å²) < 4.78 is 0. The summed E-state index contributed by atoms with van der Waals surface area (Å²) in [6.07, 6.45) is 2.77. The largest absolute Gasteiger partial charge is 0.303 e. The van der Waals surface area contributed by atoms with E-state index >= 15 is 0 Å². The third-order valence-corrected chi connectivity index (χ3v) is 2.32. The molecule has 1 atom stereocenters. The first-order valence-corrected chi connectivity index (χ1v) is 5.29. The van der Waals surface area contributed by atoms with Crippen LogP contribution >= 0.6 is 0 Å². The quantitative estimate of drug-likeness (QED) is 0.529. The van der Waals surface area contributed by atoms with Crippen LogP contribution in [0.5, 0.6) is 0 Å². The Balaban J connectivity index is 2.63. The number of carbonyl (C=O) groups excluding carboxylic acids is 1. The summed E-state index contributed by atoms with van der Waals surface area (Å²) >= 11 is 0. The van der Waals surface area contributed by atoms with Crippen molar-refractivity contribution in [2.75, 3.05) is 0 Å². The van der Waals surface area contributed by atoms with Gasteiger partial charge >= 0.3 is 0 Å². The maximum Gasteiger partial charge on any atom is 0.123 e. The highest BCUT2D eigenvalue weighted by atomic mass is 16.1. The molecule has 0 aromatic heterocycles. The van der Waals surface area contributed by atoms with E-state index in [-0.39, 0.29) is 5.92 Å². The van der Waals surface area contributed by atoms with Gasteiger partial charge in [-0.3, -0.25) is 0 Å². The molecule has 1 aromatic rings. The third-order valence-electron chi connectivity index (χ3n) is 2.32. The molecule has 0 aliphatic rings. The summed E-state index contributed by atoms with van der Waals surface area (Å²) in [6, 6.07) is 8.42. The molecule has 0 aliphatic carbocycles. The maximum atomic E-state index is 10.5. The summed E-state index contributed by atoms with van der Waals surface area (Å²) in [6.45, 7) is 7.86. The smallest absolute Gasteiger partial charge is 0.123 e. The van der Waals surface area contributed by atoms with Crippen LogP contribution in [0.2, 0.25) is 0 Å². The van der Waals surface area contributed by atoms with Gasteiger partial charge in [-0.15, -0.1) is 0 Å². The Bertz CT molecular complexity index is 335. The van der Waals surface area contributed by atoms with Crippen LogP contribution in [0.4, 0.5) is 0 Å². The van der Waals surface area contributed by atoms with Crippen LogP contribution in [0.3, 0.4) is 0 Å². The van der Waals surface area contributed by atoms with Gasteiger partial charge in [0.25, 0.3) is 0 Å². The summed E-state index contributed by atoms with van der Waals surface area (Å²) in [4.78, 5) is 10.5. The summed E-state index contributed by atoms with van der Waals surface area (Å²) in [5.74, 6) is 0.108. The van der Waals surface area contributed by atoms with Crippen LogP contribution < -0.4 is 0 Å². The number of carbonyl (C=O) groups is 1. The second-order valence-electron chi connectivity index (χ2n) is 4.27. The van der Waals surface area contributed by atoms with E-state index in [1.165, 1.54) is 16.7 Å². The van der Waals surface area contributed by atoms with E-state index in [0.717, 1.165) is 19.1 Å². The Morgan fingerprint density at radius 3 is 2.33 bits per heavy atom. The summed E-state index contributed by atoms with van der Waals surface area (Å²) in [5, 5.41) is 0. The topological polar surface area (TPSA) is 17.1 Å². The Morgan fingerprint density at radius 1 is 1.33 bits per heavy atom. The average molecular weight is 202 g/mol. The maximum absolute atomic E-state index is 10.5. The second-order valence-corrected chi connectivity index (χ2v) is 4.27. The van der Waals surface area contributed by atoms with E-state index < -0.39 is 0 Å². The SMILES string of the molecule is C=C(C)Cc1ccc(CC(C)C=O)cc1. The van der Waals surface area contributed by atoms with Gasteiger partial charge in [0.05, 0.1) is 0 Å². The molecule has 0 heterocycles. The van der Waals surface area contributed by atoms with Crippen molar-refractivity contribution < 1.29 is 4.79 Å². The zero-order valence-corrected chi connectivity index (χ0v) is 9.49. The van der Waals surface area contributed by atoms with Gasteiger partial charge < -0.3 is 4.79 Å². The van der Waals surface area contributed by atoms with E-state index in [1.807, 2.05) is 13.8 Å². The molecule has 1 unspecified atom stereocenters. The third kappa shape index (κ3) is 4.11. The van der Waals surface area contributed by atoms with Gasteiger partial charge in [-0.05, 0) is 30.9 Å².